The zero-order valence-electron chi connectivity index (χ0n) is 25.6. The minimum absolute atomic E-state index is 0.448. The first-order valence-corrected chi connectivity index (χ1v) is 30.4. The summed E-state index contributed by atoms with van der Waals surface area (Å²) in [5, 5.41) is 5.87. The Bertz CT molecular complexity index is 1370. The van der Waals surface area contributed by atoms with Crippen LogP contribution in [0.3, 0.4) is 0 Å². The van der Waals surface area contributed by atoms with Crippen molar-refractivity contribution in [1.29, 1.82) is 0 Å². The third-order valence-corrected chi connectivity index (χ3v) is 13.6. The van der Waals surface area contributed by atoms with Gasteiger partial charge in [0.15, 0.2) is 0 Å². The number of rotatable bonds is 8. The average Bonchev–Trinajstić information content (AvgIpc) is 3.54. The molecule has 0 amide bonds. The second kappa shape index (κ2) is 20.0. The van der Waals surface area contributed by atoms with Crippen LogP contribution in [-0.2, 0) is 11.2 Å². The molecular weight excluding hydrogens is 995 g/mol. The molecule has 1 aliphatic rings. The minimum atomic E-state index is -0.448. The maximum atomic E-state index is 3.13. The summed E-state index contributed by atoms with van der Waals surface area (Å²) in [5.41, 5.74) is 2.24. The van der Waals surface area contributed by atoms with Gasteiger partial charge in [-0.15, -0.1) is 0 Å². The molecule has 0 bridgehead atoms. The van der Waals surface area contributed by atoms with Crippen LogP contribution in [0.1, 0.15) is 13.8 Å². The number of halogens is 2. The molecule has 0 saturated carbocycles. The topological polar surface area (TPSA) is 6.48 Å². The van der Waals surface area contributed by atoms with Gasteiger partial charge in [0.05, 0.1) is 0 Å². The van der Waals surface area contributed by atoms with Crippen LogP contribution in [0.5, 0.6) is 0 Å². The number of benzene rings is 5. The van der Waals surface area contributed by atoms with Crippen LogP contribution in [0.25, 0.3) is 0 Å². The average molecular weight is 1030 g/mol. The standard InChI is InChI=1S/C28H28P2.C10H10N2.2HI.Pt/c1-23(29(25-15-7-3-8-16-25)26-17-9-4-10-18-26)24(2)30(27-19-11-5-12-20-27)28-21-13-6-14-22-28;1-11-7-8-12(9-11)10-5-3-2-4-6-10;;;/h3-24H,1-2H3;2-8H,1H3;2*1H;/q;;;;+2/p-2/t23-,24-;;;;/m0..../s1. The van der Waals surface area contributed by atoms with Gasteiger partial charge in [-0.05, 0) is 60.5 Å². The van der Waals surface area contributed by atoms with Crippen LogP contribution < -0.4 is 26.1 Å². The van der Waals surface area contributed by atoms with Gasteiger partial charge in [0.25, 0.3) is 0 Å². The normalized spacial score (nSPS) is 13.6. The Morgan fingerprint density at radius 2 is 0.800 bits per heavy atom. The molecule has 0 unspecified atom stereocenters. The Morgan fingerprint density at radius 3 is 1.07 bits per heavy atom. The van der Waals surface area contributed by atoms with E-state index in [-0.39, 0.29) is 0 Å². The molecule has 2 radical (unpaired) electrons. The number of anilines is 1. The molecule has 5 aromatic rings. The molecule has 6 rings (SSSR count). The van der Waals surface area contributed by atoms with Crippen molar-refractivity contribution < 1.29 is 11.2 Å². The molecule has 0 spiro atoms. The summed E-state index contributed by atoms with van der Waals surface area (Å²) in [5.74, 6) is 0. The fourth-order valence-electron chi connectivity index (χ4n) is 5.16. The van der Waals surface area contributed by atoms with Gasteiger partial charge >= 0.3 is 49.9 Å². The van der Waals surface area contributed by atoms with Crippen LogP contribution in [0.2, 0.25) is 0 Å². The third-order valence-electron chi connectivity index (χ3n) is 7.39. The van der Waals surface area contributed by atoms with Gasteiger partial charge in [-0.2, -0.15) is 0 Å². The van der Waals surface area contributed by atoms with Crippen LogP contribution in [0.4, 0.5) is 5.69 Å². The quantitative estimate of drug-likeness (QED) is 0.113. The van der Waals surface area contributed by atoms with Gasteiger partial charge in [0.2, 0.25) is 6.67 Å². The summed E-state index contributed by atoms with van der Waals surface area (Å²) in [6.45, 7) is 8.07. The van der Waals surface area contributed by atoms with Gasteiger partial charge in [-0.3, -0.25) is 0 Å². The van der Waals surface area contributed by atoms with E-state index in [0.717, 1.165) is 5.69 Å². The van der Waals surface area contributed by atoms with Gasteiger partial charge in [-0.1, -0.05) is 153 Å². The van der Waals surface area contributed by atoms with Crippen LogP contribution in [0.15, 0.2) is 164 Å². The van der Waals surface area contributed by atoms with Gasteiger partial charge < -0.3 is 9.80 Å². The molecule has 1 heterocycles. The van der Waals surface area contributed by atoms with Crippen LogP contribution >= 0.6 is 54.5 Å². The van der Waals surface area contributed by atoms with Crippen molar-refractivity contribution in [3.63, 3.8) is 0 Å². The molecule has 0 aliphatic carbocycles. The van der Waals surface area contributed by atoms with Crippen molar-refractivity contribution in [2.75, 3.05) is 11.9 Å². The Labute approximate surface area is 302 Å². The molecule has 0 fully saturated rings. The van der Waals surface area contributed by atoms with E-state index in [4.69, 9.17) is 0 Å². The summed E-state index contributed by atoms with van der Waals surface area (Å²) in [6, 6.07) is 54.6. The zero-order chi connectivity index (χ0) is 31.9. The van der Waals surface area contributed by atoms with Crippen molar-refractivity contribution in [2.24, 2.45) is 0 Å². The maximum absolute atomic E-state index is 3.13. The summed E-state index contributed by atoms with van der Waals surface area (Å²) in [4.78, 5) is 3.85. The molecular formula is C38H38I2N2P2Pt. The first-order chi connectivity index (χ1) is 22.0. The van der Waals surface area contributed by atoms with Gasteiger partial charge in [0, 0.05) is 25.1 Å². The number of hydrogen-bond donors (Lipinski definition) is 0. The predicted molar refractivity (Wildman–Crippen MR) is 214 cm³/mol. The molecule has 1 aliphatic heterocycles. The van der Waals surface area contributed by atoms with Crippen LogP contribution in [0, 0.1) is 6.67 Å². The second-order valence-electron chi connectivity index (χ2n) is 10.3. The van der Waals surface area contributed by atoms with E-state index in [1.54, 1.807) is 0 Å². The molecule has 45 heavy (non-hydrogen) atoms. The predicted octanol–water partition coefficient (Wildman–Crippen LogP) is 9.70. The van der Waals surface area contributed by atoms with E-state index in [2.05, 4.69) is 193 Å². The zero-order valence-corrected chi connectivity index (χ0v) is 34.0. The van der Waals surface area contributed by atoms with E-state index < -0.39 is 15.8 Å². The SMILES string of the molecule is CN1[C]N(c2ccccc2)C=C1.C[C@@H]([C@H](C)P(c1ccccc1)c1ccccc1)P(c1ccccc1)c1ccccc1.[I][Pt][I]. The van der Waals surface area contributed by atoms with E-state index in [9.17, 15) is 0 Å². The molecule has 2 nitrogen and oxygen atoms in total. The summed E-state index contributed by atoms with van der Waals surface area (Å²) in [6.07, 6.45) is 3.95. The Balaban J connectivity index is 0.000000254. The first kappa shape index (κ1) is 36.3. The molecule has 0 saturated heterocycles. The van der Waals surface area contributed by atoms with Crippen molar-refractivity contribution in [1.82, 2.24) is 4.90 Å². The summed E-state index contributed by atoms with van der Waals surface area (Å²) < 4.78 is 0. The van der Waals surface area contributed by atoms with E-state index >= 15 is 0 Å². The number of nitrogens with zero attached hydrogens (tertiary/aromatic N) is 2. The Hall–Kier alpha value is -1.55. The van der Waals surface area contributed by atoms with Crippen molar-refractivity contribution in [3.8, 4) is 0 Å². The second-order valence-corrected chi connectivity index (χ2v) is 32.1. The number of hydrogen-bond acceptors (Lipinski definition) is 2. The Kier molecular flexibility index (Phi) is 16.1. The Morgan fingerprint density at radius 1 is 0.511 bits per heavy atom. The monoisotopic (exact) mass is 1030 g/mol. The number of para-hydroxylation sites is 1. The van der Waals surface area contributed by atoms with E-state index in [1.807, 2.05) is 47.4 Å². The van der Waals surface area contributed by atoms with Gasteiger partial charge in [-0.25, -0.2) is 0 Å². The van der Waals surface area contributed by atoms with E-state index in [1.165, 1.54) is 21.2 Å². The van der Waals surface area contributed by atoms with E-state index in [0.29, 0.717) is 22.5 Å². The molecule has 234 valence electrons. The molecule has 2 atom stereocenters. The fourth-order valence-corrected chi connectivity index (χ4v) is 11.3. The first-order valence-electron chi connectivity index (χ1n) is 14.7. The third kappa shape index (κ3) is 11.0. The van der Waals surface area contributed by atoms with Gasteiger partial charge in [0.1, 0.15) is 0 Å². The molecule has 0 N–H and O–H groups in total. The van der Waals surface area contributed by atoms with Crippen molar-refractivity contribution in [3.05, 3.63) is 171 Å². The van der Waals surface area contributed by atoms with Crippen LogP contribution in [-0.4, -0.2) is 23.3 Å². The summed E-state index contributed by atoms with van der Waals surface area (Å²) >= 11 is 5.30. The summed E-state index contributed by atoms with van der Waals surface area (Å²) in [7, 11) is 1.06. The van der Waals surface area contributed by atoms with Crippen molar-refractivity contribution in [2.45, 2.75) is 25.2 Å². The molecule has 5 aromatic carbocycles. The molecule has 0 aromatic heterocycles. The van der Waals surface area contributed by atoms with Crippen molar-refractivity contribution >= 4 is 81.5 Å². The molecule has 7 heteroatoms. The fraction of sp³-hybridized carbons (Fsp3) is 0.132.